The maximum atomic E-state index is 13.8. The van der Waals surface area contributed by atoms with Gasteiger partial charge in [0.2, 0.25) is 0 Å². The van der Waals surface area contributed by atoms with Gasteiger partial charge in [-0.1, -0.05) is 48.5 Å². The first-order valence-electron chi connectivity index (χ1n) is 14.7. The molecule has 6 nitrogen and oxygen atoms in total. The average molecular weight is 607 g/mol. The first-order valence-corrected chi connectivity index (χ1v) is 14.7. The molecule has 0 saturated heterocycles. The maximum absolute atomic E-state index is 13.8. The maximum Gasteiger partial charge on any atom is 0.261 e. The van der Waals surface area contributed by atoms with Crippen molar-refractivity contribution < 1.29 is 28.0 Å². The molecule has 0 saturated carbocycles. The van der Waals surface area contributed by atoms with Gasteiger partial charge in [0.25, 0.3) is 23.6 Å². The van der Waals surface area contributed by atoms with E-state index in [2.05, 4.69) is 0 Å². The zero-order valence-electron chi connectivity index (χ0n) is 23.9. The molecule has 2 aliphatic rings. The van der Waals surface area contributed by atoms with E-state index in [0.717, 1.165) is 32.3 Å². The van der Waals surface area contributed by atoms with E-state index in [1.807, 2.05) is 24.3 Å². The summed E-state index contributed by atoms with van der Waals surface area (Å²) in [6.45, 7) is 0.0205. The number of carbonyl (C=O) groups excluding carboxylic acids is 4. The van der Waals surface area contributed by atoms with E-state index in [0.29, 0.717) is 44.2 Å². The van der Waals surface area contributed by atoms with E-state index >= 15 is 0 Å². The van der Waals surface area contributed by atoms with E-state index in [-0.39, 0.29) is 13.1 Å². The summed E-state index contributed by atoms with van der Waals surface area (Å²) in [5.74, 6) is -2.53. The van der Waals surface area contributed by atoms with E-state index in [9.17, 15) is 28.0 Å². The van der Waals surface area contributed by atoms with Crippen LogP contribution in [0, 0.1) is 11.6 Å². The van der Waals surface area contributed by atoms with Gasteiger partial charge in [0, 0.05) is 33.0 Å². The summed E-state index contributed by atoms with van der Waals surface area (Å²) >= 11 is 0. The monoisotopic (exact) mass is 606 g/mol. The Labute approximate surface area is 259 Å². The average Bonchev–Trinajstić information content (AvgIpc) is 3.07. The van der Waals surface area contributed by atoms with Crippen molar-refractivity contribution in [3.8, 4) is 0 Å². The molecular weight excluding hydrogens is 586 g/mol. The molecule has 0 aromatic heterocycles. The van der Waals surface area contributed by atoms with Gasteiger partial charge in [-0.2, -0.15) is 0 Å². The van der Waals surface area contributed by atoms with Gasteiger partial charge < -0.3 is 0 Å². The lowest BCUT2D eigenvalue weighted by atomic mass is 9.82. The molecule has 4 amide bonds. The highest BCUT2D eigenvalue weighted by molar-refractivity contribution is 6.41. The van der Waals surface area contributed by atoms with Crippen LogP contribution >= 0.6 is 0 Å². The van der Waals surface area contributed by atoms with Crippen LogP contribution in [0.3, 0.4) is 0 Å². The molecular formula is C38H20F2N2O4. The number of amides is 4. The molecule has 0 spiro atoms. The van der Waals surface area contributed by atoms with Crippen LogP contribution in [-0.4, -0.2) is 33.4 Å². The highest BCUT2D eigenvalue weighted by Crippen LogP contribution is 2.46. The molecule has 7 aromatic rings. The SMILES string of the molecule is O=C1c2ccc3c4ccc5c6c(ccc(c7ccc(c2c37)C(=O)N1Cc1ccc(F)cc1)c64)C(=O)N(Cc1ccc(F)cc1)C5=O. The number of hydrogen-bond acceptors (Lipinski definition) is 4. The Kier molecular flexibility index (Phi) is 5.30. The molecule has 0 atom stereocenters. The van der Waals surface area contributed by atoms with Gasteiger partial charge in [0.05, 0.1) is 13.1 Å². The molecule has 0 fully saturated rings. The van der Waals surface area contributed by atoms with Crippen LogP contribution in [0.25, 0.3) is 43.1 Å². The van der Waals surface area contributed by atoms with Crippen molar-refractivity contribution in [2.75, 3.05) is 0 Å². The summed E-state index contributed by atoms with van der Waals surface area (Å²) in [5.41, 5.74) is 2.85. The summed E-state index contributed by atoms with van der Waals surface area (Å²) in [7, 11) is 0. The Morgan fingerprint density at radius 1 is 0.370 bits per heavy atom. The Bertz CT molecular complexity index is 2230. The zero-order valence-corrected chi connectivity index (χ0v) is 23.9. The van der Waals surface area contributed by atoms with E-state index in [1.165, 1.54) is 34.1 Å². The lowest BCUT2D eigenvalue weighted by molar-refractivity contribution is 0.0583. The molecule has 7 aromatic carbocycles. The normalized spacial score (nSPS) is 14.6. The van der Waals surface area contributed by atoms with Crippen molar-refractivity contribution in [1.29, 1.82) is 0 Å². The first kappa shape index (κ1) is 26.4. The van der Waals surface area contributed by atoms with Crippen molar-refractivity contribution in [3.63, 3.8) is 0 Å². The van der Waals surface area contributed by atoms with Gasteiger partial charge in [0.15, 0.2) is 0 Å². The quantitative estimate of drug-likeness (QED) is 0.117. The fraction of sp³-hybridized carbons (Fsp3) is 0.0526. The topological polar surface area (TPSA) is 74.8 Å². The van der Waals surface area contributed by atoms with Gasteiger partial charge in [-0.3, -0.25) is 29.0 Å². The van der Waals surface area contributed by atoms with Crippen LogP contribution in [0.2, 0.25) is 0 Å². The van der Waals surface area contributed by atoms with Crippen LogP contribution in [0.4, 0.5) is 8.78 Å². The van der Waals surface area contributed by atoms with Crippen molar-refractivity contribution in [1.82, 2.24) is 9.80 Å². The molecule has 0 radical (unpaired) electrons. The van der Waals surface area contributed by atoms with Gasteiger partial charge in [0.1, 0.15) is 11.6 Å². The minimum atomic E-state index is -0.431. The predicted octanol–water partition coefficient (Wildman–Crippen LogP) is 7.61. The van der Waals surface area contributed by atoms with E-state index < -0.39 is 35.3 Å². The standard InChI is InChI=1S/C38H20F2N2O4/c39-21-5-1-19(2-6-21)17-41-35(43)27-13-9-23-25-11-15-29-34-30(38(46)42(37(29)45)18-20-3-7-22(40)8-4-20)16-12-26(32(25)34)24-10-14-28(36(41)44)33(27)31(23)24/h1-16H,17-18H2. The summed E-state index contributed by atoms with van der Waals surface area (Å²) in [5, 5.41) is 5.86. The second-order valence-electron chi connectivity index (χ2n) is 11.8. The molecule has 2 heterocycles. The summed E-state index contributed by atoms with van der Waals surface area (Å²) in [6.07, 6.45) is 0. The predicted molar refractivity (Wildman–Crippen MR) is 169 cm³/mol. The molecule has 8 heteroatoms. The van der Waals surface area contributed by atoms with Crippen LogP contribution < -0.4 is 0 Å². The molecule has 46 heavy (non-hydrogen) atoms. The molecule has 2 aliphatic heterocycles. The molecule has 0 unspecified atom stereocenters. The molecule has 0 aliphatic carbocycles. The van der Waals surface area contributed by atoms with Crippen LogP contribution in [0.5, 0.6) is 0 Å². The number of nitrogens with zero attached hydrogens (tertiary/aromatic N) is 2. The third kappa shape index (κ3) is 3.49. The minimum Gasteiger partial charge on any atom is -0.270 e. The number of rotatable bonds is 4. The number of benzene rings is 7. The van der Waals surface area contributed by atoms with Crippen LogP contribution in [0.1, 0.15) is 52.6 Å². The molecule has 220 valence electrons. The lowest BCUT2D eigenvalue weighted by Gasteiger charge is -2.30. The van der Waals surface area contributed by atoms with Crippen molar-refractivity contribution in [2.45, 2.75) is 13.1 Å². The van der Waals surface area contributed by atoms with Gasteiger partial charge in [-0.05, 0) is 92.0 Å². The number of fused-ring (bicyclic) bond motifs is 2. The van der Waals surface area contributed by atoms with Gasteiger partial charge in [-0.15, -0.1) is 0 Å². The van der Waals surface area contributed by atoms with Crippen molar-refractivity contribution in [2.24, 2.45) is 0 Å². The van der Waals surface area contributed by atoms with Gasteiger partial charge in [-0.25, -0.2) is 8.78 Å². The summed E-state index contributed by atoms with van der Waals surface area (Å²) in [4.78, 5) is 57.4. The third-order valence-corrected chi connectivity index (χ3v) is 9.31. The number of halogens is 2. The Morgan fingerprint density at radius 2 is 0.652 bits per heavy atom. The number of imide groups is 2. The van der Waals surface area contributed by atoms with Crippen molar-refractivity contribution >= 4 is 66.7 Å². The Morgan fingerprint density at radius 3 is 0.935 bits per heavy atom. The molecule has 0 bridgehead atoms. The van der Waals surface area contributed by atoms with Crippen LogP contribution in [-0.2, 0) is 13.1 Å². The Balaban J connectivity index is 1.22. The zero-order chi connectivity index (χ0) is 31.4. The lowest BCUT2D eigenvalue weighted by Crippen LogP contribution is -2.40. The fourth-order valence-corrected chi connectivity index (χ4v) is 7.20. The minimum absolute atomic E-state index is 0.0102. The van der Waals surface area contributed by atoms with E-state index in [1.54, 1.807) is 48.5 Å². The Hall–Kier alpha value is -6.02. The largest absolute Gasteiger partial charge is 0.270 e. The number of carbonyl (C=O) groups is 4. The highest BCUT2D eigenvalue weighted by Gasteiger charge is 2.37. The van der Waals surface area contributed by atoms with Crippen molar-refractivity contribution in [3.05, 3.63) is 142 Å². The van der Waals surface area contributed by atoms with Crippen LogP contribution in [0.15, 0.2) is 97.1 Å². The molecule has 0 N–H and O–H groups in total. The fourth-order valence-electron chi connectivity index (χ4n) is 7.20. The third-order valence-electron chi connectivity index (χ3n) is 9.31. The second-order valence-corrected chi connectivity index (χ2v) is 11.8. The first-order chi connectivity index (χ1) is 22.3. The second kappa shape index (κ2) is 9.25. The highest BCUT2D eigenvalue weighted by atomic mass is 19.1. The summed E-state index contributed by atoms with van der Waals surface area (Å²) < 4.78 is 27.0. The van der Waals surface area contributed by atoms with E-state index in [4.69, 9.17) is 0 Å². The number of hydrogen-bond donors (Lipinski definition) is 0. The molecule has 9 rings (SSSR count). The van der Waals surface area contributed by atoms with Gasteiger partial charge >= 0.3 is 0 Å². The summed E-state index contributed by atoms with van der Waals surface area (Å²) in [6, 6.07) is 25.7. The smallest absolute Gasteiger partial charge is 0.261 e.